The van der Waals surface area contributed by atoms with E-state index >= 15 is 0 Å². The number of carbonyl (C=O) groups excluding carboxylic acids is 1. The van der Waals surface area contributed by atoms with Gasteiger partial charge in [-0.15, -0.1) is 0 Å². The summed E-state index contributed by atoms with van der Waals surface area (Å²) in [6, 6.07) is 7.43. The van der Waals surface area contributed by atoms with Crippen molar-refractivity contribution in [1.82, 2.24) is 14.9 Å². The monoisotopic (exact) mass is 390 g/mol. The van der Waals surface area contributed by atoms with Gasteiger partial charge in [0.15, 0.2) is 0 Å². The Labute approximate surface area is 160 Å². The van der Waals surface area contributed by atoms with Gasteiger partial charge in [0.25, 0.3) is 5.91 Å². The minimum Gasteiger partial charge on any atom is -0.365 e. The van der Waals surface area contributed by atoms with Crippen LogP contribution in [0, 0.1) is 5.41 Å². The highest BCUT2D eigenvalue weighted by atomic mass is 35.5. The molecule has 0 saturated carbocycles. The van der Waals surface area contributed by atoms with Crippen molar-refractivity contribution in [3.05, 3.63) is 57.5 Å². The Morgan fingerprint density at radius 3 is 2.77 bits per heavy atom. The zero-order valence-corrected chi connectivity index (χ0v) is 15.4. The minimum absolute atomic E-state index is 0.172. The smallest absolute Gasteiger partial charge is 0.262 e. The summed E-state index contributed by atoms with van der Waals surface area (Å²) in [5, 5.41) is 7.95. The SMILES string of the molecule is CN(c1ncc2c(n1)CN(/C(C=N)=C(\Cl)C(N)=O)C2)c1ccccc1Cl. The molecule has 134 valence electrons. The first-order valence-electron chi connectivity index (χ1n) is 7.70. The van der Waals surface area contributed by atoms with Crippen LogP contribution in [0.1, 0.15) is 11.3 Å². The number of halogens is 2. The molecular formula is C17H16Cl2N6O. The lowest BCUT2D eigenvalue weighted by atomic mass is 10.3. The normalized spacial score (nSPS) is 13.9. The zero-order valence-electron chi connectivity index (χ0n) is 13.9. The molecule has 0 radical (unpaired) electrons. The minimum atomic E-state index is -0.772. The van der Waals surface area contributed by atoms with Crippen LogP contribution in [-0.2, 0) is 17.9 Å². The topological polar surface area (TPSA) is 99.2 Å². The maximum Gasteiger partial charge on any atom is 0.262 e. The number of nitrogens with one attached hydrogen (secondary N) is 1. The van der Waals surface area contributed by atoms with Crippen molar-refractivity contribution in [3.63, 3.8) is 0 Å². The second kappa shape index (κ2) is 7.31. The predicted molar refractivity (Wildman–Crippen MR) is 102 cm³/mol. The molecule has 0 spiro atoms. The molecule has 0 bridgehead atoms. The Kier molecular flexibility index (Phi) is 5.11. The maximum absolute atomic E-state index is 11.3. The van der Waals surface area contributed by atoms with Gasteiger partial charge >= 0.3 is 0 Å². The fourth-order valence-corrected chi connectivity index (χ4v) is 3.16. The van der Waals surface area contributed by atoms with E-state index in [2.05, 4.69) is 9.97 Å². The van der Waals surface area contributed by atoms with Gasteiger partial charge in [-0.3, -0.25) is 4.79 Å². The fraction of sp³-hybridized carbons (Fsp3) is 0.176. The molecule has 1 aliphatic rings. The van der Waals surface area contributed by atoms with E-state index in [4.69, 9.17) is 34.3 Å². The second-order valence-electron chi connectivity index (χ2n) is 5.72. The third-order valence-electron chi connectivity index (χ3n) is 4.08. The summed E-state index contributed by atoms with van der Waals surface area (Å²) in [6.07, 6.45) is 2.74. The highest BCUT2D eigenvalue weighted by Crippen LogP contribution is 2.31. The molecule has 0 unspecified atom stereocenters. The second-order valence-corrected chi connectivity index (χ2v) is 6.50. The Hall–Kier alpha value is -2.64. The first-order valence-corrected chi connectivity index (χ1v) is 8.46. The van der Waals surface area contributed by atoms with E-state index in [1.54, 1.807) is 22.1 Å². The van der Waals surface area contributed by atoms with Gasteiger partial charge in [0.05, 0.1) is 28.6 Å². The summed E-state index contributed by atoms with van der Waals surface area (Å²) in [5.74, 6) is -0.272. The molecule has 0 fully saturated rings. The number of hydrogen-bond acceptors (Lipinski definition) is 6. The van der Waals surface area contributed by atoms with Crippen LogP contribution in [0.3, 0.4) is 0 Å². The molecule has 1 aliphatic heterocycles. The lowest BCUT2D eigenvalue weighted by molar-refractivity contribution is -0.114. The Morgan fingerprint density at radius 1 is 1.38 bits per heavy atom. The summed E-state index contributed by atoms with van der Waals surface area (Å²) in [4.78, 5) is 23.9. The Bertz CT molecular complexity index is 914. The summed E-state index contributed by atoms with van der Waals surface area (Å²) in [5.41, 5.74) is 7.97. The molecule has 3 N–H and O–H groups in total. The van der Waals surface area contributed by atoms with Gasteiger partial charge in [-0.1, -0.05) is 35.3 Å². The van der Waals surface area contributed by atoms with Gasteiger partial charge in [0.2, 0.25) is 5.95 Å². The molecule has 7 nitrogen and oxygen atoms in total. The molecule has 0 saturated heterocycles. The van der Waals surface area contributed by atoms with Crippen LogP contribution in [0.4, 0.5) is 11.6 Å². The van der Waals surface area contributed by atoms with Gasteiger partial charge in [-0.2, -0.15) is 0 Å². The fourth-order valence-electron chi connectivity index (χ4n) is 2.73. The summed E-state index contributed by atoms with van der Waals surface area (Å²) < 4.78 is 0. The van der Waals surface area contributed by atoms with Crippen LogP contribution in [0.2, 0.25) is 5.02 Å². The number of aromatic nitrogens is 2. The van der Waals surface area contributed by atoms with Gasteiger partial charge in [-0.25, -0.2) is 9.97 Å². The molecule has 2 aromatic rings. The van der Waals surface area contributed by atoms with Crippen molar-refractivity contribution in [2.75, 3.05) is 11.9 Å². The van der Waals surface area contributed by atoms with Gasteiger partial charge < -0.3 is 20.9 Å². The quantitative estimate of drug-likeness (QED) is 0.603. The molecule has 1 aromatic heterocycles. The number of anilines is 2. The van der Waals surface area contributed by atoms with Crippen molar-refractivity contribution in [1.29, 1.82) is 5.41 Å². The van der Waals surface area contributed by atoms with Crippen LogP contribution in [0.25, 0.3) is 0 Å². The number of amides is 1. The Morgan fingerprint density at radius 2 is 2.12 bits per heavy atom. The van der Waals surface area contributed by atoms with E-state index in [0.717, 1.165) is 23.2 Å². The number of nitrogens with zero attached hydrogens (tertiary/aromatic N) is 4. The zero-order chi connectivity index (χ0) is 18.8. The third-order valence-corrected chi connectivity index (χ3v) is 4.78. The lowest BCUT2D eigenvalue weighted by Gasteiger charge is -2.19. The number of rotatable bonds is 5. The van der Waals surface area contributed by atoms with Crippen molar-refractivity contribution in [3.8, 4) is 0 Å². The molecule has 1 amide bonds. The number of para-hydroxylation sites is 1. The number of nitrogens with two attached hydrogens (primary N) is 1. The van der Waals surface area contributed by atoms with Crippen molar-refractivity contribution >= 4 is 47.0 Å². The van der Waals surface area contributed by atoms with E-state index in [9.17, 15) is 4.79 Å². The first-order chi connectivity index (χ1) is 12.4. The van der Waals surface area contributed by atoms with Crippen molar-refractivity contribution in [2.45, 2.75) is 13.1 Å². The van der Waals surface area contributed by atoms with Crippen molar-refractivity contribution < 1.29 is 4.79 Å². The molecule has 9 heteroatoms. The molecule has 0 atom stereocenters. The lowest BCUT2D eigenvalue weighted by Crippen LogP contribution is -2.22. The van der Waals surface area contributed by atoms with E-state index in [0.29, 0.717) is 24.1 Å². The Balaban J connectivity index is 1.89. The van der Waals surface area contributed by atoms with Gasteiger partial charge in [0.1, 0.15) is 5.03 Å². The van der Waals surface area contributed by atoms with E-state index in [1.165, 1.54) is 0 Å². The van der Waals surface area contributed by atoms with Gasteiger partial charge in [-0.05, 0) is 12.1 Å². The molecule has 0 aliphatic carbocycles. The molecule has 3 rings (SSSR count). The summed E-state index contributed by atoms with van der Waals surface area (Å²) >= 11 is 12.2. The number of allylic oxidation sites excluding steroid dienone is 1. The average Bonchev–Trinajstić information content (AvgIpc) is 3.04. The summed E-state index contributed by atoms with van der Waals surface area (Å²) in [7, 11) is 1.84. The van der Waals surface area contributed by atoms with Gasteiger partial charge in [0, 0.05) is 31.6 Å². The average molecular weight is 391 g/mol. The molecule has 26 heavy (non-hydrogen) atoms. The highest BCUT2D eigenvalue weighted by Gasteiger charge is 2.26. The number of hydrogen-bond donors (Lipinski definition) is 2. The first kappa shape index (κ1) is 18.2. The number of carbonyl (C=O) groups is 1. The molecule has 2 heterocycles. The van der Waals surface area contributed by atoms with Crippen LogP contribution in [0.5, 0.6) is 0 Å². The standard InChI is InChI=1S/C17H16Cl2N6O/c1-24(13-5-3-2-4-11(13)18)17-22-7-10-8-25(9-12(10)23-17)14(6-20)15(19)16(21)26/h2-7,20H,8-9H2,1H3,(H2,21,26)/b15-14-,20-6?. The number of benzene rings is 1. The molecule has 1 aromatic carbocycles. The van der Waals surface area contributed by atoms with Crippen LogP contribution < -0.4 is 10.6 Å². The summed E-state index contributed by atoms with van der Waals surface area (Å²) in [6.45, 7) is 0.842. The highest BCUT2D eigenvalue weighted by molar-refractivity contribution is 6.43. The van der Waals surface area contributed by atoms with E-state index < -0.39 is 5.91 Å². The maximum atomic E-state index is 11.3. The predicted octanol–water partition coefficient (Wildman–Crippen LogP) is 2.80. The van der Waals surface area contributed by atoms with Crippen molar-refractivity contribution in [2.24, 2.45) is 5.73 Å². The molecular weight excluding hydrogens is 375 g/mol. The van der Waals surface area contributed by atoms with Crippen LogP contribution >= 0.6 is 23.2 Å². The van der Waals surface area contributed by atoms with E-state index in [-0.39, 0.29) is 10.7 Å². The number of fused-ring (bicyclic) bond motifs is 1. The largest absolute Gasteiger partial charge is 0.365 e. The van der Waals surface area contributed by atoms with E-state index in [1.807, 2.05) is 25.2 Å². The van der Waals surface area contributed by atoms with Crippen LogP contribution in [0.15, 0.2) is 41.2 Å². The third kappa shape index (κ3) is 3.36. The number of primary amides is 1. The van der Waals surface area contributed by atoms with Crippen LogP contribution in [-0.4, -0.2) is 34.0 Å².